The Morgan fingerprint density at radius 2 is 1.43 bits per heavy atom. The largest absolute Gasteiger partial charge is 0.554 e. The van der Waals surface area contributed by atoms with E-state index in [1.54, 1.807) is 0 Å². The van der Waals surface area contributed by atoms with E-state index in [1.165, 1.54) is 4.90 Å². The zero-order valence-electron chi connectivity index (χ0n) is 4.89. The second-order valence-electron chi connectivity index (χ2n) is 1.60. The number of hydrogen-bond donors (Lipinski definition) is 1. The lowest BCUT2D eigenvalue weighted by molar-refractivity contribution is -0.836. The molecule has 3 heteroatoms. The summed E-state index contributed by atoms with van der Waals surface area (Å²) in [7, 11) is 6.25. The van der Waals surface area contributed by atoms with E-state index in [0.29, 0.717) is 0 Å². The number of carbonyl (C=O) groups is 1. The summed E-state index contributed by atoms with van der Waals surface area (Å²) in [6.45, 7) is -0.500. The maximum Gasteiger partial charge on any atom is 0.0661 e. The van der Waals surface area contributed by atoms with Crippen LogP contribution in [0.3, 0.4) is 0 Å². The molecule has 0 bridgehead atoms. The number of quaternary nitrogens is 1. The van der Waals surface area contributed by atoms with Crippen LogP contribution in [0.4, 0.5) is 0 Å². The number of nitrogens with one attached hydrogen (secondary N) is 1. The third-order valence-corrected chi connectivity index (χ3v) is 0. The molecule has 0 aromatic rings. The van der Waals surface area contributed by atoms with E-state index in [9.17, 15) is 0 Å². The summed E-state index contributed by atoms with van der Waals surface area (Å²) in [5, 5.41) is 8.25. The lowest BCUT2D eigenvalue weighted by Gasteiger charge is -1.88. The molecule has 3 nitrogen and oxygen atoms in total. The predicted molar refractivity (Wildman–Crippen MR) is 24.8 cm³/mol. The summed E-state index contributed by atoms with van der Waals surface area (Å²) in [6, 6.07) is 0. The van der Waals surface area contributed by atoms with Gasteiger partial charge in [-0.15, -0.1) is 0 Å². The van der Waals surface area contributed by atoms with Crippen molar-refractivity contribution in [2.24, 2.45) is 0 Å². The van der Waals surface area contributed by atoms with Gasteiger partial charge in [0, 0.05) is 6.47 Å². The first-order chi connectivity index (χ1) is 3.15. The van der Waals surface area contributed by atoms with Gasteiger partial charge in [-0.3, -0.25) is 0 Å². The first-order valence-electron chi connectivity index (χ1n) is 1.97. The van der Waals surface area contributed by atoms with Gasteiger partial charge in [-0.25, -0.2) is 0 Å². The maximum atomic E-state index is 8.25. The topological polar surface area (TPSA) is 44.6 Å². The molecule has 0 unspecified atom stereocenters. The van der Waals surface area contributed by atoms with Crippen LogP contribution in [0.5, 0.6) is 0 Å². The molecule has 0 aromatic carbocycles. The van der Waals surface area contributed by atoms with Crippen LogP contribution in [-0.2, 0) is 4.79 Å². The van der Waals surface area contributed by atoms with Crippen molar-refractivity contribution in [3.8, 4) is 0 Å². The Morgan fingerprint density at radius 3 is 1.43 bits per heavy atom. The number of carbonyl (C=O) groups excluding carboxylic acids is 1. The van der Waals surface area contributed by atoms with Crippen LogP contribution in [-0.4, -0.2) is 27.6 Å². The highest BCUT2D eigenvalue weighted by Gasteiger charge is 1.61. The van der Waals surface area contributed by atoms with Crippen LogP contribution in [0.15, 0.2) is 0 Å². The highest BCUT2D eigenvalue weighted by atomic mass is 16.3. The molecular weight excluding hydrogens is 94.0 g/mol. The van der Waals surface area contributed by atoms with E-state index in [2.05, 4.69) is 21.1 Å². The Kier molecular flexibility index (Phi) is 12.5. The van der Waals surface area contributed by atoms with Crippen molar-refractivity contribution in [3.05, 3.63) is 0 Å². The molecule has 0 aliphatic heterocycles. The summed E-state index contributed by atoms with van der Waals surface area (Å²) in [4.78, 5) is 9.67. The van der Waals surface area contributed by atoms with E-state index in [-0.39, 0.29) is 0 Å². The monoisotopic (exact) mass is 105 g/mol. The average Bonchev–Trinajstić information content (AvgIpc) is 1.33. The predicted octanol–water partition coefficient (Wildman–Crippen LogP) is -2.87. The molecule has 1 N–H and O–H groups in total. The summed E-state index contributed by atoms with van der Waals surface area (Å²) >= 11 is 0. The Balaban J connectivity index is 0. The standard InChI is InChI=1S/C3H9N.CH2O2/c1-4(2)3;2-1-3/h1-3H3;1H,(H,2,3). The Labute approximate surface area is 43.6 Å². The summed E-state index contributed by atoms with van der Waals surface area (Å²) in [6.07, 6.45) is 0. The molecule has 0 aliphatic carbocycles. The molecule has 0 saturated heterocycles. The molecule has 0 atom stereocenters. The van der Waals surface area contributed by atoms with Gasteiger partial charge in [-0.1, -0.05) is 0 Å². The van der Waals surface area contributed by atoms with Crippen LogP contribution in [0.1, 0.15) is 0 Å². The number of hydrogen-bond acceptors (Lipinski definition) is 2. The van der Waals surface area contributed by atoms with Crippen molar-refractivity contribution in [1.29, 1.82) is 0 Å². The first kappa shape index (κ1) is 9.66. The summed E-state index contributed by atoms with van der Waals surface area (Å²) < 4.78 is 0. The zero-order chi connectivity index (χ0) is 6.28. The van der Waals surface area contributed by atoms with Gasteiger partial charge >= 0.3 is 0 Å². The Morgan fingerprint density at radius 1 is 1.43 bits per heavy atom. The third kappa shape index (κ3) is 197. The van der Waals surface area contributed by atoms with E-state index in [4.69, 9.17) is 9.90 Å². The molecule has 0 fully saturated rings. The molecule has 44 valence electrons. The quantitative estimate of drug-likeness (QED) is 0.336. The molecule has 0 amide bonds. The average molecular weight is 105 g/mol. The van der Waals surface area contributed by atoms with E-state index in [0.717, 1.165) is 0 Å². The smallest absolute Gasteiger partial charge is 0.0661 e. The van der Waals surface area contributed by atoms with Gasteiger partial charge < -0.3 is 14.8 Å². The fourth-order valence-electron chi connectivity index (χ4n) is 0. The minimum Gasteiger partial charge on any atom is -0.554 e. The van der Waals surface area contributed by atoms with Gasteiger partial charge in [0.2, 0.25) is 0 Å². The van der Waals surface area contributed by atoms with E-state index in [1.807, 2.05) is 0 Å². The van der Waals surface area contributed by atoms with Crippen molar-refractivity contribution >= 4 is 6.47 Å². The highest BCUT2D eigenvalue weighted by Crippen LogP contribution is 0.865. The number of rotatable bonds is 0. The van der Waals surface area contributed by atoms with Crippen LogP contribution in [0.25, 0.3) is 0 Å². The molecule has 0 aliphatic rings. The summed E-state index contributed by atoms with van der Waals surface area (Å²) in [5.74, 6) is 0. The minimum absolute atomic E-state index is 0.500. The Bertz CT molecular complexity index is 33.9. The minimum atomic E-state index is -0.500. The van der Waals surface area contributed by atoms with Crippen molar-refractivity contribution < 1.29 is 14.8 Å². The van der Waals surface area contributed by atoms with Gasteiger partial charge in [0.1, 0.15) is 0 Å². The lowest BCUT2D eigenvalue weighted by atomic mass is 11.0. The molecular formula is C4H11NO2. The SMILES string of the molecule is C[NH+](C)C.O=C[O-]. The van der Waals surface area contributed by atoms with Crippen LogP contribution in [0, 0.1) is 0 Å². The highest BCUT2D eigenvalue weighted by molar-refractivity contribution is 5.29. The van der Waals surface area contributed by atoms with Gasteiger partial charge in [0.05, 0.1) is 21.1 Å². The second kappa shape index (κ2) is 9.06. The number of carboxylic acid groups (broad SMARTS) is 1. The molecule has 0 radical (unpaired) electrons. The van der Waals surface area contributed by atoms with E-state index < -0.39 is 6.47 Å². The van der Waals surface area contributed by atoms with Gasteiger partial charge in [0.15, 0.2) is 0 Å². The third-order valence-electron chi connectivity index (χ3n) is 0. The fourth-order valence-corrected chi connectivity index (χ4v) is 0. The second-order valence-corrected chi connectivity index (χ2v) is 1.60. The van der Waals surface area contributed by atoms with Crippen LogP contribution < -0.4 is 10.0 Å². The molecule has 0 aromatic heterocycles. The normalized spacial score (nSPS) is 6.86. The maximum absolute atomic E-state index is 8.25. The Hall–Kier alpha value is -0.570. The molecule has 7 heavy (non-hydrogen) atoms. The molecule has 0 heterocycles. The molecule has 0 rings (SSSR count). The molecule has 0 saturated carbocycles. The summed E-state index contributed by atoms with van der Waals surface area (Å²) in [5.41, 5.74) is 0. The van der Waals surface area contributed by atoms with Crippen LogP contribution >= 0.6 is 0 Å². The van der Waals surface area contributed by atoms with Gasteiger partial charge in [-0.05, 0) is 0 Å². The van der Waals surface area contributed by atoms with Crippen molar-refractivity contribution in [2.75, 3.05) is 21.1 Å². The molecule has 0 spiro atoms. The fraction of sp³-hybridized carbons (Fsp3) is 0.750. The first-order valence-corrected chi connectivity index (χ1v) is 1.97. The van der Waals surface area contributed by atoms with Crippen molar-refractivity contribution in [2.45, 2.75) is 0 Å². The van der Waals surface area contributed by atoms with Gasteiger partial charge in [0.25, 0.3) is 0 Å². The zero-order valence-corrected chi connectivity index (χ0v) is 4.89. The van der Waals surface area contributed by atoms with Gasteiger partial charge in [-0.2, -0.15) is 0 Å². The van der Waals surface area contributed by atoms with Crippen molar-refractivity contribution in [1.82, 2.24) is 0 Å². The van der Waals surface area contributed by atoms with E-state index >= 15 is 0 Å². The van der Waals surface area contributed by atoms with Crippen LogP contribution in [0.2, 0.25) is 0 Å². The van der Waals surface area contributed by atoms with Crippen molar-refractivity contribution in [3.63, 3.8) is 0 Å². The lowest BCUT2D eigenvalue weighted by Crippen LogP contribution is -3.02.